The van der Waals surface area contributed by atoms with E-state index in [9.17, 15) is 4.79 Å². The minimum atomic E-state index is 0.0669. The Labute approximate surface area is 221 Å². The third kappa shape index (κ3) is 6.08. The predicted molar refractivity (Wildman–Crippen MR) is 148 cm³/mol. The molecule has 2 aromatic rings. The van der Waals surface area contributed by atoms with Crippen LogP contribution < -0.4 is 10.1 Å². The van der Waals surface area contributed by atoms with Crippen molar-refractivity contribution in [3.63, 3.8) is 0 Å². The molecule has 5 rings (SSSR count). The van der Waals surface area contributed by atoms with Crippen molar-refractivity contribution in [1.29, 1.82) is 0 Å². The average Bonchev–Trinajstić information content (AvgIpc) is 3.26. The van der Waals surface area contributed by atoms with Crippen LogP contribution in [0, 0.1) is 12.8 Å². The van der Waals surface area contributed by atoms with Gasteiger partial charge in [-0.1, -0.05) is 55.5 Å². The molecule has 3 fully saturated rings. The summed E-state index contributed by atoms with van der Waals surface area (Å²) in [4.78, 5) is 15.3. The Morgan fingerprint density at radius 3 is 2.58 bits per heavy atom. The van der Waals surface area contributed by atoms with E-state index in [1.165, 1.54) is 62.5 Å². The predicted octanol–water partition coefficient (Wildman–Crippen LogP) is 6.95. The second-order valence-corrected chi connectivity index (χ2v) is 11.5. The number of nitrogens with zero attached hydrogens (tertiary/aromatic N) is 1. The maximum Gasteiger partial charge on any atom is 0.226 e. The van der Waals surface area contributed by atoms with Crippen molar-refractivity contribution in [3.05, 3.63) is 52.5 Å². The molecule has 3 aliphatic rings. The molecule has 0 bridgehead atoms. The monoisotopic (exact) mass is 508 g/mol. The zero-order chi connectivity index (χ0) is 24.9. The first kappa shape index (κ1) is 25.6. The van der Waals surface area contributed by atoms with E-state index in [1.807, 2.05) is 0 Å². The van der Waals surface area contributed by atoms with Crippen LogP contribution in [-0.2, 0) is 11.2 Å². The molecule has 2 heterocycles. The summed E-state index contributed by atoms with van der Waals surface area (Å²) < 4.78 is 6.06. The Balaban J connectivity index is 1.18. The van der Waals surface area contributed by atoms with Gasteiger partial charge in [0.05, 0.1) is 6.61 Å². The van der Waals surface area contributed by atoms with E-state index in [1.54, 1.807) is 0 Å². The topological polar surface area (TPSA) is 41.6 Å². The number of rotatable bonds is 8. The highest BCUT2D eigenvalue weighted by atomic mass is 35.5. The van der Waals surface area contributed by atoms with Gasteiger partial charge in [-0.25, -0.2) is 0 Å². The van der Waals surface area contributed by atoms with Crippen molar-refractivity contribution in [2.45, 2.75) is 89.6 Å². The number of ether oxygens (including phenoxy) is 1. The number of benzene rings is 2. The van der Waals surface area contributed by atoms with Crippen LogP contribution in [0.3, 0.4) is 0 Å². The maximum atomic E-state index is 13.1. The number of carbonyl (C=O) groups excluding carboxylic acids is 1. The number of halogens is 1. The van der Waals surface area contributed by atoms with Crippen molar-refractivity contribution in [1.82, 2.24) is 10.2 Å². The van der Waals surface area contributed by atoms with Crippen LogP contribution in [0.5, 0.6) is 5.75 Å². The van der Waals surface area contributed by atoms with Crippen LogP contribution in [0.25, 0.3) is 11.1 Å². The van der Waals surface area contributed by atoms with Gasteiger partial charge in [0.2, 0.25) is 5.91 Å². The molecule has 2 aromatic carbocycles. The smallest absolute Gasteiger partial charge is 0.226 e. The summed E-state index contributed by atoms with van der Waals surface area (Å²) in [5.74, 6) is 1.34. The number of piperidine rings is 1. The fraction of sp³-hybridized carbons (Fsp3) is 0.581. The molecule has 1 aliphatic carbocycles. The lowest BCUT2D eigenvalue weighted by Crippen LogP contribution is -2.39. The summed E-state index contributed by atoms with van der Waals surface area (Å²) >= 11 is 6.76. The molecule has 0 spiro atoms. The minimum Gasteiger partial charge on any atom is -0.494 e. The second kappa shape index (κ2) is 12.0. The lowest BCUT2D eigenvalue weighted by atomic mass is 9.93. The van der Waals surface area contributed by atoms with Crippen LogP contribution in [0.1, 0.15) is 75.3 Å². The van der Waals surface area contributed by atoms with Gasteiger partial charge < -0.3 is 15.0 Å². The van der Waals surface area contributed by atoms with Crippen molar-refractivity contribution in [3.8, 4) is 16.9 Å². The van der Waals surface area contributed by atoms with Gasteiger partial charge in [0.1, 0.15) is 5.75 Å². The summed E-state index contributed by atoms with van der Waals surface area (Å²) in [7, 11) is 0. The summed E-state index contributed by atoms with van der Waals surface area (Å²) in [5, 5.41) is 4.35. The number of likely N-dealkylation sites (tertiary alicyclic amines) is 1. The Kier molecular flexibility index (Phi) is 8.54. The zero-order valence-electron chi connectivity index (χ0n) is 21.7. The van der Waals surface area contributed by atoms with E-state index in [0.717, 1.165) is 60.9 Å². The molecule has 5 heteroatoms. The van der Waals surface area contributed by atoms with Crippen LogP contribution in [0.15, 0.2) is 36.4 Å². The SMILES string of the molecule is Cc1cc(OCCC2CCCCN2)ccc1-c1ccc(CC2CCN(C3CCCCC3)C2=O)c(Cl)c1. The van der Waals surface area contributed by atoms with Gasteiger partial charge in [-0.05, 0) is 98.9 Å². The molecule has 1 saturated carbocycles. The Hall–Kier alpha value is -2.04. The first-order chi connectivity index (χ1) is 17.6. The molecule has 36 heavy (non-hydrogen) atoms. The largest absolute Gasteiger partial charge is 0.494 e. The van der Waals surface area contributed by atoms with Crippen molar-refractivity contribution in [2.75, 3.05) is 19.7 Å². The molecule has 2 atom stereocenters. The first-order valence-corrected chi connectivity index (χ1v) is 14.5. The summed E-state index contributed by atoms with van der Waals surface area (Å²) in [6.07, 6.45) is 12.8. The first-order valence-electron chi connectivity index (χ1n) is 14.1. The number of carbonyl (C=O) groups is 1. The molecule has 1 amide bonds. The van der Waals surface area contributed by atoms with Crippen molar-refractivity contribution < 1.29 is 9.53 Å². The van der Waals surface area contributed by atoms with Gasteiger partial charge in [0.25, 0.3) is 0 Å². The number of aryl methyl sites for hydroxylation is 1. The Bertz CT molecular complexity index is 1040. The third-order valence-electron chi connectivity index (χ3n) is 8.54. The number of hydrogen-bond acceptors (Lipinski definition) is 3. The van der Waals surface area contributed by atoms with E-state index in [4.69, 9.17) is 16.3 Å². The van der Waals surface area contributed by atoms with Crippen molar-refractivity contribution >= 4 is 17.5 Å². The number of amides is 1. The highest BCUT2D eigenvalue weighted by Gasteiger charge is 2.36. The molecule has 0 radical (unpaired) electrons. The second-order valence-electron chi connectivity index (χ2n) is 11.1. The highest BCUT2D eigenvalue weighted by Crippen LogP contribution is 2.34. The lowest BCUT2D eigenvalue weighted by molar-refractivity contribution is -0.133. The van der Waals surface area contributed by atoms with Gasteiger partial charge in [-0.3, -0.25) is 4.79 Å². The van der Waals surface area contributed by atoms with Crippen LogP contribution in [-0.4, -0.2) is 42.6 Å². The summed E-state index contributed by atoms with van der Waals surface area (Å²) in [6, 6.07) is 13.7. The summed E-state index contributed by atoms with van der Waals surface area (Å²) in [6.45, 7) is 4.92. The molecular formula is C31H41ClN2O2. The standard InChI is InChI=1S/C31H41ClN2O2/c1-22-19-28(36-18-15-26-7-5-6-16-33-26)12-13-29(22)23-10-11-24(30(32)21-23)20-25-14-17-34(31(25)35)27-8-3-2-4-9-27/h10-13,19,21,25-27,33H,2-9,14-18,20H2,1H3. The maximum absolute atomic E-state index is 13.1. The van der Waals surface area contributed by atoms with E-state index in [2.05, 4.69) is 53.5 Å². The quantitative estimate of drug-likeness (QED) is 0.419. The molecule has 2 unspecified atom stereocenters. The molecular weight excluding hydrogens is 468 g/mol. The number of hydrogen-bond donors (Lipinski definition) is 1. The molecule has 1 N–H and O–H groups in total. The number of nitrogens with one attached hydrogen (secondary N) is 1. The van der Waals surface area contributed by atoms with E-state index < -0.39 is 0 Å². The third-order valence-corrected chi connectivity index (χ3v) is 8.89. The van der Waals surface area contributed by atoms with Gasteiger partial charge >= 0.3 is 0 Å². The van der Waals surface area contributed by atoms with Crippen LogP contribution >= 0.6 is 11.6 Å². The minimum absolute atomic E-state index is 0.0669. The van der Waals surface area contributed by atoms with Gasteiger partial charge in [0.15, 0.2) is 0 Å². The van der Waals surface area contributed by atoms with E-state index in [-0.39, 0.29) is 5.92 Å². The molecule has 194 valence electrons. The molecule has 4 nitrogen and oxygen atoms in total. The normalized spacial score (nSPS) is 23.3. The van der Waals surface area contributed by atoms with E-state index >= 15 is 0 Å². The average molecular weight is 509 g/mol. The zero-order valence-corrected chi connectivity index (χ0v) is 22.5. The molecule has 2 aliphatic heterocycles. The van der Waals surface area contributed by atoms with Gasteiger partial charge in [-0.2, -0.15) is 0 Å². The van der Waals surface area contributed by atoms with Gasteiger partial charge in [-0.15, -0.1) is 0 Å². The fourth-order valence-electron chi connectivity index (χ4n) is 6.39. The van der Waals surface area contributed by atoms with Crippen LogP contribution in [0.4, 0.5) is 0 Å². The Morgan fingerprint density at radius 1 is 1.00 bits per heavy atom. The summed E-state index contributed by atoms with van der Waals surface area (Å²) in [5.41, 5.74) is 4.55. The molecule has 0 aromatic heterocycles. The van der Waals surface area contributed by atoms with Crippen LogP contribution in [0.2, 0.25) is 5.02 Å². The highest BCUT2D eigenvalue weighted by molar-refractivity contribution is 6.31. The van der Waals surface area contributed by atoms with Crippen molar-refractivity contribution in [2.24, 2.45) is 5.92 Å². The lowest BCUT2D eigenvalue weighted by Gasteiger charge is -2.31. The van der Waals surface area contributed by atoms with Gasteiger partial charge in [0, 0.05) is 29.6 Å². The molecule has 2 saturated heterocycles. The Morgan fingerprint density at radius 2 is 1.83 bits per heavy atom. The fourth-order valence-corrected chi connectivity index (χ4v) is 6.65. The van der Waals surface area contributed by atoms with E-state index in [0.29, 0.717) is 18.0 Å².